The summed E-state index contributed by atoms with van der Waals surface area (Å²) in [6.07, 6.45) is 0.0651. The van der Waals surface area contributed by atoms with Gasteiger partial charge in [0.05, 0.1) is 6.42 Å². The minimum Gasteiger partial charge on any atom is -0.341 e. The van der Waals surface area contributed by atoms with E-state index in [0.717, 1.165) is 28.5 Å². The normalized spacial score (nSPS) is 11.7. The topological polar surface area (TPSA) is 75.5 Å². The van der Waals surface area contributed by atoms with Crippen molar-refractivity contribution < 1.29 is 9.59 Å². The first kappa shape index (κ1) is 21.6. The number of nitrogens with zero attached hydrogens (tertiary/aromatic N) is 2. The molecule has 0 aliphatic rings. The number of anilines is 1. The molecule has 0 bridgehead atoms. The van der Waals surface area contributed by atoms with Crippen LogP contribution in [0, 0.1) is 0 Å². The molecule has 6 nitrogen and oxygen atoms in total. The second kappa shape index (κ2) is 9.24. The molecule has 1 heterocycles. The second-order valence-corrected chi connectivity index (χ2v) is 7.95. The molecule has 0 fully saturated rings. The number of benzene rings is 3. The molecule has 0 unspecified atom stereocenters. The number of aryl methyl sites for hydroxylation is 1. The van der Waals surface area contributed by atoms with Crippen molar-refractivity contribution in [3.05, 3.63) is 77.3 Å². The molecule has 2 N–H and O–H groups in total. The molecule has 0 radical (unpaired) electrons. The molecule has 1 aromatic heterocycles. The Bertz CT molecular complexity index is 1340. The Hall–Kier alpha value is -3.64. The first-order chi connectivity index (χ1) is 15.5. The standard InChI is InChI=1S/C25H23ClN4O2/c1-3-30-22-7-5-4-6-20(22)21-15-19(12-13-23(21)30)27-24(31)14-16(2)28-29-25(32)17-8-10-18(26)11-9-17/h4-13,15H,3,14H2,1-2H3,(H,27,31)(H,29,32)/b28-16+. The number of hydrogen-bond acceptors (Lipinski definition) is 3. The maximum Gasteiger partial charge on any atom is 0.271 e. The molecule has 0 aliphatic carbocycles. The van der Waals surface area contributed by atoms with Gasteiger partial charge in [-0.15, -0.1) is 0 Å². The van der Waals surface area contributed by atoms with Gasteiger partial charge in [-0.25, -0.2) is 5.43 Å². The highest BCUT2D eigenvalue weighted by molar-refractivity contribution is 6.30. The summed E-state index contributed by atoms with van der Waals surface area (Å²) in [6, 6.07) is 20.7. The number of nitrogens with one attached hydrogen (secondary N) is 2. The van der Waals surface area contributed by atoms with Gasteiger partial charge in [-0.1, -0.05) is 29.8 Å². The van der Waals surface area contributed by atoms with Crippen molar-refractivity contribution >= 4 is 56.6 Å². The van der Waals surface area contributed by atoms with E-state index >= 15 is 0 Å². The van der Waals surface area contributed by atoms with Crippen LogP contribution in [0.25, 0.3) is 21.8 Å². The van der Waals surface area contributed by atoms with E-state index in [9.17, 15) is 9.59 Å². The number of amides is 2. The van der Waals surface area contributed by atoms with Crippen molar-refractivity contribution in [2.45, 2.75) is 26.8 Å². The summed E-state index contributed by atoms with van der Waals surface area (Å²) >= 11 is 5.83. The quantitative estimate of drug-likeness (QED) is 0.298. The lowest BCUT2D eigenvalue weighted by Gasteiger charge is -2.07. The average molecular weight is 447 g/mol. The lowest BCUT2D eigenvalue weighted by Crippen LogP contribution is -2.21. The first-order valence-electron chi connectivity index (χ1n) is 10.4. The molecule has 0 atom stereocenters. The molecule has 162 valence electrons. The molecule has 3 aromatic carbocycles. The fraction of sp³-hybridized carbons (Fsp3) is 0.160. The number of fused-ring (bicyclic) bond motifs is 3. The third-order valence-corrected chi connectivity index (χ3v) is 5.50. The zero-order valence-electron chi connectivity index (χ0n) is 17.9. The highest BCUT2D eigenvalue weighted by atomic mass is 35.5. The van der Waals surface area contributed by atoms with Gasteiger partial charge in [0.2, 0.25) is 5.91 Å². The second-order valence-electron chi connectivity index (χ2n) is 7.51. The monoisotopic (exact) mass is 446 g/mol. The Kier molecular flexibility index (Phi) is 6.23. The van der Waals surface area contributed by atoms with Crippen molar-refractivity contribution in [1.29, 1.82) is 0 Å². The SMILES string of the molecule is CCn1c2ccccc2c2cc(NC(=O)C/C(C)=N/NC(=O)c3ccc(Cl)cc3)ccc21. The number of aromatic nitrogens is 1. The number of para-hydroxylation sites is 1. The Morgan fingerprint density at radius 2 is 1.69 bits per heavy atom. The van der Waals surface area contributed by atoms with Crippen LogP contribution in [0.1, 0.15) is 30.6 Å². The van der Waals surface area contributed by atoms with Gasteiger partial charge in [-0.3, -0.25) is 9.59 Å². The average Bonchev–Trinajstić information content (AvgIpc) is 3.11. The number of halogens is 1. The Morgan fingerprint density at radius 3 is 2.44 bits per heavy atom. The molecule has 0 saturated carbocycles. The van der Waals surface area contributed by atoms with Crippen LogP contribution in [-0.4, -0.2) is 22.1 Å². The summed E-state index contributed by atoms with van der Waals surface area (Å²) in [4.78, 5) is 24.6. The third-order valence-electron chi connectivity index (χ3n) is 5.24. The van der Waals surface area contributed by atoms with E-state index in [1.807, 2.05) is 30.3 Å². The first-order valence-corrected chi connectivity index (χ1v) is 10.7. The van der Waals surface area contributed by atoms with Gasteiger partial charge >= 0.3 is 0 Å². The van der Waals surface area contributed by atoms with Crippen LogP contribution < -0.4 is 10.7 Å². The van der Waals surface area contributed by atoms with E-state index in [1.54, 1.807) is 31.2 Å². The molecule has 2 amide bonds. The van der Waals surface area contributed by atoms with Crippen LogP contribution >= 0.6 is 11.6 Å². The maximum absolute atomic E-state index is 12.5. The van der Waals surface area contributed by atoms with Gasteiger partial charge in [-0.2, -0.15) is 5.10 Å². The van der Waals surface area contributed by atoms with Gasteiger partial charge in [-0.05, 0) is 62.4 Å². The van der Waals surface area contributed by atoms with Gasteiger partial charge in [0, 0.05) is 50.3 Å². The van der Waals surface area contributed by atoms with Crippen LogP contribution in [0.2, 0.25) is 5.02 Å². The molecule has 4 aromatic rings. The molecule has 32 heavy (non-hydrogen) atoms. The van der Waals surface area contributed by atoms with Crippen LogP contribution in [0.4, 0.5) is 5.69 Å². The Morgan fingerprint density at radius 1 is 0.969 bits per heavy atom. The van der Waals surface area contributed by atoms with Gasteiger partial charge in [0.15, 0.2) is 0 Å². The van der Waals surface area contributed by atoms with E-state index in [0.29, 0.717) is 16.3 Å². The van der Waals surface area contributed by atoms with Crippen molar-refractivity contribution in [2.24, 2.45) is 5.10 Å². The predicted molar refractivity (Wildman–Crippen MR) is 130 cm³/mol. The fourth-order valence-electron chi connectivity index (χ4n) is 3.76. The van der Waals surface area contributed by atoms with E-state index < -0.39 is 0 Å². The number of carbonyl (C=O) groups is 2. The van der Waals surface area contributed by atoms with Crippen LogP contribution in [0.3, 0.4) is 0 Å². The van der Waals surface area contributed by atoms with Crippen molar-refractivity contribution in [3.8, 4) is 0 Å². The van der Waals surface area contributed by atoms with Crippen LogP contribution in [0.15, 0.2) is 71.8 Å². The van der Waals surface area contributed by atoms with Crippen LogP contribution in [0.5, 0.6) is 0 Å². The van der Waals surface area contributed by atoms with Gasteiger partial charge in [0.25, 0.3) is 5.91 Å². The fourth-order valence-corrected chi connectivity index (χ4v) is 3.89. The minimum atomic E-state index is -0.362. The van der Waals surface area contributed by atoms with Crippen molar-refractivity contribution in [2.75, 3.05) is 5.32 Å². The summed E-state index contributed by atoms with van der Waals surface area (Å²) in [6.45, 7) is 4.68. The lowest BCUT2D eigenvalue weighted by molar-refractivity contribution is -0.115. The smallest absolute Gasteiger partial charge is 0.271 e. The Balaban J connectivity index is 1.44. The third kappa shape index (κ3) is 4.50. The van der Waals surface area contributed by atoms with E-state index in [1.165, 1.54) is 5.52 Å². The highest BCUT2D eigenvalue weighted by Crippen LogP contribution is 2.31. The summed E-state index contributed by atoms with van der Waals surface area (Å²) < 4.78 is 2.26. The van der Waals surface area contributed by atoms with Crippen LogP contribution in [-0.2, 0) is 11.3 Å². The largest absolute Gasteiger partial charge is 0.341 e. The Labute approximate surface area is 190 Å². The molecular formula is C25H23ClN4O2. The number of hydrogen-bond donors (Lipinski definition) is 2. The predicted octanol–water partition coefficient (Wildman–Crippen LogP) is 5.60. The zero-order chi connectivity index (χ0) is 22.7. The summed E-state index contributed by atoms with van der Waals surface area (Å²) in [5.41, 5.74) is 6.43. The molecule has 0 spiro atoms. The van der Waals surface area contributed by atoms with Gasteiger partial charge < -0.3 is 9.88 Å². The molecule has 0 saturated heterocycles. The number of hydrazone groups is 1. The molecule has 0 aliphatic heterocycles. The molecular weight excluding hydrogens is 424 g/mol. The molecule has 7 heteroatoms. The molecule has 4 rings (SSSR count). The van der Waals surface area contributed by atoms with E-state index in [4.69, 9.17) is 11.6 Å². The highest BCUT2D eigenvalue weighted by Gasteiger charge is 2.11. The van der Waals surface area contributed by atoms with Crippen molar-refractivity contribution in [1.82, 2.24) is 9.99 Å². The van der Waals surface area contributed by atoms with E-state index in [2.05, 4.69) is 39.5 Å². The number of carbonyl (C=O) groups excluding carboxylic acids is 2. The zero-order valence-corrected chi connectivity index (χ0v) is 18.6. The summed E-state index contributed by atoms with van der Waals surface area (Å²) in [5.74, 6) is -0.565. The summed E-state index contributed by atoms with van der Waals surface area (Å²) in [7, 11) is 0. The van der Waals surface area contributed by atoms with E-state index in [-0.39, 0.29) is 18.2 Å². The maximum atomic E-state index is 12.5. The number of rotatable bonds is 6. The van der Waals surface area contributed by atoms with Crippen molar-refractivity contribution in [3.63, 3.8) is 0 Å². The van der Waals surface area contributed by atoms with Gasteiger partial charge in [0.1, 0.15) is 0 Å². The lowest BCUT2D eigenvalue weighted by atomic mass is 10.1. The minimum absolute atomic E-state index is 0.0651. The summed E-state index contributed by atoms with van der Waals surface area (Å²) in [5, 5.41) is 9.76.